The summed E-state index contributed by atoms with van der Waals surface area (Å²) in [6.45, 7) is 21.9. The molecular weight excluding hydrogens is 770 g/mol. The van der Waals surface area contributed by atoms with Gasteiger partial charge in [0.25, 0.3) is 0 Å². The minimum Gasteiger partial charge on any atom is -0.508 e. The molecule has 6 aromatic carbocycles. The van der Waals surface area contributed by atoms with E-state index in [2.05, 4.69) is 146 Å². The van der Waals surface area contributed by atoms with E-state index < -0.39 is 21.1 Å². The maximum Gasteiger partial charge on any atom is 0.478 e. The lowest BCUT2D eigenvalue weighted by Crippen LogP contribution is -2.23. The van der Waals surface area contributed by atoms with E-state index in [1.54, 1.807) is 12.1 Å². The van der Waals surface area contributed by atoms with Crippen molar-refractivity contribution in [3.8, 4) is 56.0 Å². The number of phenolic OH excluding ortho intramolecular Hbond substituents is 2. The van der Waals surface area contributed by atoms with Gasteiger partial charge >= 0.3 is 15.6 Å². The van der Waals surface area contributed by atoms with Crippen LogP contribution < -0.4 is 0 Å². The van der Waals surface area contributed by atoms with Gasteiger partial charge < -0.3 is 29.8 Å². The Kier molecular flexibility index (Phi) is 12.8. The van der Waals surface area contributed by atoms with Gasteiger partial charge in [-0.1, -0.05) is 98.8 Å². The molecule has 6 aromatic rings. The number of benzene rings is 6. The highest BCUT2D eigenvalue weighted by Crippen LogP contribution is 2.59. The summed E-state index contributed by atoms with van der Waals surface area (Å²) in [5, 5.41) is 23.7. The lowest BCUT2D eigenvalue weighted by Gasteiger charge is -2.37. The van der Waals surface area contributed by atoms with Gasteiger partial charge in [0.05, 0.1) is 0 Å². The van der Waals surface area contributed by atoms with E-state index in [1.807, 2.05) is 12.1 Å². The van der Waals surface area contributed by atoms with Crippen molar-refractivity contribution >= 4 is 15.6 Å². The molecule has 0 aliphatic heterocycles. The summed E-state index contributed by atoms with van der Waals surface area (Å²) >= 11 is 0. The van der Waals surface area contributed by atoms with Crippen LogP contribution in [0.25, 0.3) is 44.5 Å². The molecule has 0 aliphatic rings. The first-order chi connectivity index (χ1) is 27.0. The lowest BCUT2D eigenvalue weighted by molar-refractivity contribution is 0.225. The zero-order valence-corrected chi connectivity index (χ0v) is 36.3. The zero-order chi connectivity index (χ0) is 43.1. The first-order valence-corrected chi connectivity index (χ1v) is 21.8. The number of phosphoric acid groups is 2. The van der Waals surface area contributed by atoms with Gasteiger partial charge in [0.15, 0.2) is 0 Å². The molecule has 0 radical (unpaired) electrons. The smallest absolute Gasteiger partial charge is 0.478 e. The van der Waals surface area contributed by atoms with Crippen LogP contribution in [0.3, 0.4) is 0 Å². The Bertz CT molecular complexity index is 2390. The van der Waals surface area contributed by atoms with E-state index >= 15 is 0 Å². The third-order valence-corrected chi connectivity index (χ3v) is 12.5. The highest BCUT2D eigenvalue weighted by Gasteiger charge is 2.38. The molecule has 11 heteroatoms. The number of rotatable bonds is 8. The molecule has 304 valence electrons. The molecular formula is C47H52O9P2. The fourth-order valence-electron chi connectivity index (χ4n) is 8.34. The molecule has 6 N–H and O–H groups in total. The predicted octanol–water partition coefficient (Wildman–Crippen LogP) is 11.7. The maximum absolute atomic E-state index is 13.3. The number of hydrogen-bond acceptors (Lipinski definition) is 5. The molecule has 0 fully saturated rings. The van der Waals surface area contributed by atoms with Gasteiger partial charge in [0.1, 0.15) is 11.5 Å². The molecule has 0 saturated heterocycles. The minimum absolute atomic E-state index is 0.239. The molecule has 0 saturated carbocycles. The first kappa shape index (κ1) is 44.3. The minimum atomic E-state index is -5.05. The predicted molar refractivity (Wildman–Crippen MR) is 233 cm³/mol. The normalized spacial score (nSPS) is 12.0. The van der Waals surface area contributed by atoms with Crippen LogP contribution in [0, 0.1) is 55.4 Å². The van der Waals surface area contributed by atoms with Gasteiger partial charge in [0, 0.05) is 16.5 Å². The van der Waals surface area contributed by atoms with Gasteiger partial charge in [-0.05, 0) is 157 Å². The highest BCUT2D eigenvalue weighted by molar-refractivity contribution is 7.60. The molecule has 0 unspecified atom stereocenters. The van der Waals surface area contributed by atoms with Crippen molar-refractivity contribution in [1.29, 1.82) is 0 Å². The van der Waals surface area contributed by atoms with Crippen LogP contribution in [-0.2, 0) is 18.9 Å². The van der Waals surface area contributed by atoms with Gasteiger partial charge in [-0.2, -0.15) is 4.31 Å². The molecule has 0 amide bonds. The third-order valence-electron chi connectivity index (χ3n) is 10.8. The lowest BCUT2D eigenvalue weighted by atomic mass is 9.66. The van der Waals surface area contributed by atoms with Crippen LogP contribution in [0.4, 0.5) is 0 Å². The average Bonchev–Trinajstić information content (AvgIpc) is 3.09. The van der Waals surface area contributed by atoms with E-state index in [-0.39, 0.29) is 5.75 Å². The van der Waals surface area contributed by atoms with Crippen LogP contribution in [-0.4, -0.2) is 29.8 Å². The molecule has 0 aromatic heterocycles. The summed E-state index contributed by atoms with van der Waals surface area (Å²) in [4.78, 5) is 31.0. The third kappa shape index (κ3) is 9.07. The maximum atomic E-state index is 13.3. The Morgan fingerprint density at radius 2 is 0.672 bits per heavy atom. The Balaban J connectivity index is 0.000000637. The number of phenols is 2. The van der Waals surface area contributed by atoms with E-state index in [0.29, 0.717) is 5.75 Å². The van der Waals surface area contributed by atoms with Crippen molar-refractivity contribution < 1.29 is 43.2 Å². The summed E-state index contributed by atoms with van der Waals surface area (Å²) in [6, 6.07) is 33.4. The summed E-state index contributed by atoms with van der Waals surface area (Å²) in [5.74, 6) is 0.540. The molecule has 0 heterocycles. The van der Waals surface area contributed by atoms with Crippen molar-refractivity contribution in [2.24, 2.45) is 0 Å². The number of aryl methyl sites for hydroxylation is 8. The van der Waals surface area contributed by atoms with E-state index in [9.17, 15) is 19.3 Å². The topological polar surface area (TPSA) is 165 Å². The molecule has 0 atom stereocenters. The largest absolute Gasteiger partial charge is 0.508 e. The summed E-state index contributed by atoms with van der Waals surface area (Å²) < 4.78 is 22.2. The number of hydrogen-bond donors (Lipinski definition) is 6. The molecule has 9 nitrogen and oxygen atoms in total. The Labute approximate surface area is 341 Å². The first-order valence-electron chi connectivity index (χ1n) is 18.8. The van der Waals surface area contributed by atoms with Crippen molar-refractivity contribution in [2.45, 2.75) is 74.7 Å². The van der Waals surface area contributed by atoms with Gasteiger partial charge in [0.2, 0.25) is 0 Å². The summed E-state index contributed by atoms with van der Waals surface area (Å²) in [7, 11) is -10.1. The second-order valence-corrected chi connectivity index (χ2v) is 18.1. The molecule has 0 spiro atoms. The van der Waals surface area contributed by atoms with Crippen LogP contribution >= 0.6 is 15.6 Å². The SMILES string of the molecule is Cc1cccc(C)c1-c1c(O)c(-c2c(C)cccc2C)c(-c2c(C)cccc2C)c(C(C)(C)c2ccc(O)cc2)c1-c1c(C)cccc1C.O=P(O)(O)OP(=O)(O)O. The van der Waals surface area contributed by atoms with Crippen molar-refractivity contribution in [3.05, 3.63) is 153 Å². The Hall–Kier alpha value is -4.82. The van der Waals surface area contributed by atoms with Gasteiger partial charge in [-0.3, -0.25) is 0 Å². The molecule has 6 rings (SSSR count). The summed E-state index contributed by atoms with van der Waals surface area (Å²) in [6.07, 6.45) is 0. The standard InChI is InChI=1S/C47H48O2.H4O7P2/c1-27-15-11-16-28(2)37(27)41-43(39-31(5)19-13-20-32(39)6)46(49)44(40-33(7)21-14-22-34(40)8)42(38-29(3)17-12-18-30(38)4)45(41)47(9,10)35-23-25-36(48)26-24-35;1-8(2,3)7-9(4,5)6/h11-26,48-49H,1-10H3;(H2,1,2,3)(H2,4,5,6). The van der Waals surface area contributed by atoms with Crippen LogP contribution in [0.2, 0.25) is 0 Å². The molecule has 0 bridgehead atoms. The Morgan fingerprint density at radius 3 is 0.914 bits per heavy atom. The highest BCUT2D eigenvalue weighted by atomic mass is 31.3. The quantitative estimate of drug-likeness (QED) is 0.0820. The van der Waals surface area contributed by atoms with Crippen molar-refractivity contribution in [3.63, 3.8) is 0 Å². The second kappa shape index (κ2) is 16.8. The van der Waals surface area contributed by atoms with Gasteiger partial charge in [-0.25, -0.2) is 9.13 Å². The van der Waals surface area contributed by atoms with Crippen LogP contribution in [0.15, 0.2) is 97.1 Å². The molecule has 58 heavy (non-hydrogen) atoms. The van der Waals surface area contributed by atoms with Crippen molar-refractivity contribution in [1.82, 2.24) is 0 Å². The Morgan fingerprint density at radius 1 is 0.414 bits per heavy atom. The van der Waals surface area contributed by atoms with E-state index in [1.165, 1.54) is 0 Å². The fraction of sp³-hybridized carbons (Fsp3) is 0.234. The van der Waals surface area contributed by atoms with E-state index in [4.69, 9.17) is 19.6 Å². The van der Waals surface area contributed by atoms with Crippen LogP contribution in [0.1, 0.15) is 69.5 Å². The monoisotopic (exact) mass is 822 g/mol. The van der Waals surface area contributed by atoms with Gasteiger partial charge in [-0.15, -0.1) is 0 Å². The van der Waals surface area contributed by atoms with Crippen LogP contribution in [0.5, 0.6) is 11.5 Å². The molecule has 0 aliphatic carbocycles. The fourth-order valence-corrected chi connectivity index (χ4v) is 9.45. The average molecular weight is 823 g/mol. The number of aromatic hydroxyl groups is 2. The van der Waals surface area contributed by atoms with E-state index in [0.717, 1.165) is 100 Å². The summed E-state index contributed by atoms with van der Waals surface area (Å²) in [5.41, 5.74) is 18.9. The zero-order valence-electron chi connectivity index (χ0n) is 34.5. The second-order valence-electron chi connectivity index (χ2n) is 15.5. The van der Waals surface area contributed by atoms with Crippen molar-refractivity contribution in [2.75, 3.05) is 0 Å².